The minimum Gasteiger partial charge on any atom is -0.346 e. The SMILES string of the molecule is CCN(C)C(=O)Cc1[nH]nc(C)c1-n1c(=O)n(C)c2cnc3ccc(Br)cc3c21. The summed E-state index contributed by atoms with van der Waals surface area (Å²) < 4.78 is 4.10. The highest BCUT2D eigenvalue weighted by molar-refractivity contribution is 9.10. The highest BCUT2D eigenvalue weighted by Gasteiger charge is 2.23. The first kappa shape index (κ1) is 19.4. The standard InChI is InChI=1S/C20H21BrN6O2/c1-5-25(3)17(28)9-15-18(11(2)23-24-15)27-19-13-8-12(21)6-7-14(13)22-10-16(19)26(4)20(27)29/h6-8,10H,5,9H2,1-4H3,(H,23,24). The molecular weight excluding hydrogens is 436 g/mol. The number of amides is 1. The second kappa shape index (κ2) is 7.14. The Labute approximate surface area is 175 Å². The second-order valence-electron chi connectivity index (χ2n) is 7.05. The van der Waals surface area contributed by atoms with Crippen molar-refractivity contribution in [1.82, 2.24) is 29.2 Å². The van der Waals surface area contributed by atoms with E-state index in [-0.39, 0.29) is 18.0 Å². The van der Waals surface area contributed by atoms with Gasteiger partial charge in [-0.25, -0.2) is 4.79 Å². The fraction of sp³-hybridized carbons (Fsp3) is 0.300. The molecule has 0 bridgehead atoms. The number of carbonyl (C=O) groups is 1. The van der Waals surface area contributed by atoms with Gasteiger partial charge in [0.25, 0.3) is 0 Å². The number of H-pyrrole nitrogens is 1. The van der Waals surface area contributed by atoms with E-state index in [1.807, 2.05) is 32.0 Å². The van der Waals surface area contributed by atoms with E-state index in [4.69, 9.17) is 0 Å². The molecule has 0 saturated carbocycles. The first-order valence-corrected chi connectivity index (χ1v) is 10.1. The summed E-state index contributed by atoms with van der Waals surface area (Å²) in [5.74, 6) is -0.0417. The van der Waals surface area contributed by atoms with Crippen LogP contribution >= 0.6 is 15.9 Å². The Kier molecular flexibility index (Phi) is 4.77. The van der Waals surface area contributed by atoms with Crippen LogP contribution in [0.1, 0.15) is 18.3 Å². The van der Waals surface area contributed by atoms with Gasteiger partial charge in [0.2, 0.25) is 5.91 Å². The van der Waals surface area contributed by atoms with Crippen LogP contribution in [-0.2, 0) is 18.3 Å². The van der Waals surface area contributed by atoms with Gasteiger partial charge in [0.05, 0.1) is 46.2 Å². The number of aryl methyl sites for hydroxylation is 2. The monoisotopic (exact) mass is 456 g/mol. The second-order valence-corrected chi connectivity index (χ2v) is 7.97. The van der Waals surface area contributed by atoms with Crippen molar-refractivity contribution in [1.29, 1.82) is 0 Å². The van der Waals surface area contributed by atoms with Gasteiger partial charge in [0.15, 0.2) is 0 Å². The molecule has 150 valence electrons. The van der Waals surface area contributed by atoms with Gasteiger partial charge in [-0.3, -0.25) is 24.0 Å². The molecular formula is C20H21BrN6O2. The number of nitrogens with one attached hydrogen (secondary N) is 1. The molecule has 1 amide bonds. The molecule has 0 spiro atoms. The average molecular weight is 457 g/mol. The molecule has 3 heterocycles. The molecule has 0 saturated heterocycles. The van der Waals surface area contributed by atoms with E-state index in [9.17, 15) is 9.59 Å². The molecule has 0 fully saturated rings. The van der Waals surface area contributed by atoms with Gasteiger partial charge < -0.3 is 4.90 Å². The van der Waals surface area contributed by atoms with Gasteiger partial charge >= 0.3 is 5.69 Å². The summed E-state index contributed by atoms with van der Waals surface area (Å²) in [5, 5.41) is 8.09. The number of likely N-dealkylation sites (N-methyl/N-ethyl adjacent to an activating group) is 1. The largest absolute Gasteiger partial charge is 0.346 e. The van der Waals surface area contributed by atoms with E-state index in [2.05, 4.69) is 31.1 Å². The average Bonchev–Trinajstić information content (AvgIpc) is 3.18. The first-order valence-electron chi connectivity index (χ1n) is 9.27. The van der Waals surface area contributed by atoms with Crippen LogP contribution in [0.4, 0.5) is 0 Å². The van der Waals surface area contributed by atoms with Gasteiger partial charge in [-0.15, -0.1) is 0 Å². The van der Waals surface area contributed by atoms with Crippen LogP contribution < -0.4 is 5.69 Å². The number of hydrogen-bond donors (Lipinski definition) is 1. The predicted octanol–water partition coefficient (Wildman–Crippen LogP) is 2.69. The third-order valence-corrected chi connectivity index (χ3v) is 5.78. The van der Waals surface area contributed by atoms with Crippen molar-refractivity contribution in [2.75, 3.05) is 13.6 Å². The van der Waals surface area contributed by atoms with Crippen LogP contribution in [0.3, 0.4) is 0 Å². The van der Waals surface area contributed by atoms with Gasteiger partial charge in [-0.2, -0.15) is 5.10 Å². The van der Waals surface area contributed by atoms with Crippen molar-refractivity contribution in [2.24, 2.45) is 7.05 Å². The fourth-order valence-corrected chi connectivity index (χ4v) is 3.90. The normalized spacial score (nSPS) is 11.5. The van der Waals surface area contributed by atoms with E-state index in [1.54, 1.807) is 34.3 Å². The summed E-state index contributed by atoms with van der Waals surface area (Å²) in [4.78, 5) is 31.9. The number of halogens is 1. The number of carbonyl (C=O) groups excluding carboxylic acids is 1. The number of nitrogens with zero attached hydrogens (tertiary/aromatic N) is 5. The van der Waals surface area contributed by atoms with Crippen LogP contribution in [0, 0.1) is 6.92 Å². The summed E-state index contributed by atoms with van der Waals surface area (Å²) in [7, 11) is 3.48. The zero-order valence-electron chi connectivity index (χ0n) is 16.7. The molecule has 1 N–H and O–H groups in total. The summed E-state index contributed by atoms with van der Waals surface area (Å²) in [5.41, 5.74) is 3.91. The summed E-state index contributed by atoms with van der Waals surface area (Å²) in [6.07, 6.45) is 1.84. The van der Waals surface area contributed by atoms with Crippen molar-refractivity contribution < 1.29 is 4.79 Å². The summed E-state index contributed by atoms with van der Waals surface area (Å²) in [6, 6.07) is 5.77. The topological polar surface area (TPSA) is 88.8 Å². The van der Waals surface area contributed by atoms with Crippen LogP contribution in [0.5, 0.6) is 0 Å². The maximum Gasteiger partial charge on any atom is 0.333 e. The number of aromatic amines is 1. The molecule has 3 aromatic heterocycles. The lowest BCUT2D eigenvalue weighted by Gasteiger charge is -2.14. The van der Waals surface area contributed by atoms with E-state index in [0.29, 0.717) is 29.1 Å². The molecule has 4 rings (SSSR count). The van der Waals surface area contributed by atoms with Crippen molar-refractivity contribution in [2.45, 2.75) is 20.3 Å². The smallest absolute Gasteiger partial charge is 0.333 e. The molecule has 0 aliphatic carbocycles. The van der Waals surface area contributed by atoms with Crippen LogP contribution in [-0.4, -0.2) is 48.7 Å². The molecule has 29 heavy (non-hydrogen) atoms. The summed E-state index contributed by atoms with van der Waals surface area (Å²) >= 11 is 3.51. The van der Waals surface area contributed by atoms with Crippen LogP contribution in [0.2, 0.25) is 0 Å². The highest BCUT2D eigenvalue weighted by Crippen LogP contribution is 2.29. The van der Waals surface area contributed by atoms with Crippen molar-refractivity contribution in [3.63, 3.8) is 0 Å². The Bertz CT molecular complexity index is 1320. The number of imidazole rings is 1. The predicted molar refractivity (Wildman–Crippen MR) is 115 cm³/mol. The zero-order chi connectivity index (χ0) is 20.9. The Morgan fingerprint density at radius 1 is 1.34 bits per heavy atom. The van der Waals surface area contributed by atoms with Crippen molar-refractivity contribution in [3.8, 4) is 5.69 Å². The van der Waals surface area contributed by atoms with E-state index < -0.39 is 0 Å². The maximum atomic E-state index is 13.2. The molecule has 8 nitrogen and oxygen atoms in total. The third kappa shape index (κ3) is 3.05. The Balaban J connectivity index is 2.04. The van der Waals surface area contributed by atoms with Gasteiger partial charge in [-0.1, -0.05) is 15.9 Å². The van der Waals surface area contributed by atoms with Crippen molar-refractivity contribution in [3.05, 3.63) is 50.7 Å². The Morgan fingerprint density at radius 2 is 2.10 bits per heavy atom. The lowest BCUT2D eigenvalue weighted by molar-refractivity contribution is -0.129. The molecule has 0 aliphatic heterocycles. The number of hydrogen-bond acceptors (Lipinski definition) is 4. The number of pyridine rings is 1. The molecule has 1 aromatic carbocycles. The molecule has 9 heteroatoms. The number of rotatable bonds is 4. The van der Waals surface area contributed by atoms with Crippen molar-refractivity contribution >= 4 is 43.8 Å². The van der Waals surface area contributed by atoms with Gasteiger partial charge in [0.1, 0.15) is 0 Å². The lowest BCUT2D eigenvalue weighted by Crippen LogP contribution is -2.29. The van der Waals surface area contributed by atoms with Gasteiger partial charge in [0, 0.05) is 30.5 Å². The number of fused-ring (bicyclic) bond motifs is 3. The zero-order valence-corrected chi connectivity index (χ0v) is 18.2. The number of benzene rings is 1. The lowest BCUT2D eigenvalue weighted by atomic mass is 10.1. The Morgan fingerprint density at radius 3 is 2.83 bits per heavy atom. The minimum absolute atomic E-state index is 0.0417. The fourth-order valence-electron chi connectivity index (χ4n) is 3.54. The maximum absolute atomic E-state index is 13.2. The van der Waals surface area contributed by atoms with Crippen LogP contribution in [0.25, 0.3) is 27.6 Å². The third-order valence-electron chi connectivity index (χ3n) is 5.28. The highest BCUT2D eigenvalue weighted by atomic mass is 79.9. The molecule has 0 unspecified atom stereocenters. The van der Waals surface area contributed by atoms with E-state index >= 15 is 0 Å². The minimum atomic E-state index is -0.212. The van der Waals surface area contributed by atoms with E-state index in [0.717, 1.165) is 20.9 Å². The van der Waals surface area contributed by atoms with Crippen LogP contribution in [0.15, 0.2) is 33.7 Å². The molecule has 4 aromatic rings. The summed E-state index contributed by atoms with van der Waals surface area (Å²) in [6.45, 7) is 4.36. The first-order chi connectivity index (χ1) is 13.8. The quantitative estimate of drug-likeness (QED) is 0.511. The van der Waals surface area contributed by atoms with E-state index in [1.165, 1.54) is 0 Å². The van der Waals surface area contributed by atoms with Gasteiger partial charge in [-0.05, 0) is 32.0 Å². The molecule has 0 radical (unpaired) electrons. The Hall–Kier alpha value is -2.94. The molecule has 0 atom stereocenters. The molecule has 0 aliphatic rings. The number of aromatic nitrogens is 5.